The van der Waals surface area contributed by atoms with Crippen molar-refractivity contribution in [2.75, 3.05) is 18.4 Å². The van der Waals surface area contributed by atoms with E-state index < -0.39 is 6.10 Å². The van der Waals surface area contributed by atoms with Crippen LogP contribution in [0.3, 0.4) is 0 Å². The van der Waals surface area contributed by atoms with Gasteiger partial charge in [-0.1, -0.05) is 42.5 Å². The summed E-state index contributed by atoms with van der Waals surface area (Å²) in [6.45, 7) is 5.11. The molecule has 23 heavy (non-hydrogen) atoms. The van der Waals surface area contributed by atoms with Crippen LogP contribution in [0.25, 0.3) is 10.4 Å². The maximum absolute atomic E-state index is 12.3. The number of benzene rings is 1. The number of nitrogens with zero attached hydrogens (tertiary/aromatic N) is 2. The number of anilines is 1. The molecule has 1 aliphatic heterocycles. The number of rotatable bonds is 2. The van der Waals surface area contributed by atoms with E-state index in [-0.39, 0.29) is 11.9 Å². The Hall–Kier alpha value is -1.92. The van der Waals surface area contributed by atoms with E-state index in [1.165, 1.54) is 16.9 Å². The fraction of sp³-hybridized carbons (Fsp3) is 0.412. The lowest BCUT2D eigenvalue weighted by molar-refractivity contribution is 0.0464. The summed E-state index contributed by atoms with van der Waals surface area (Å²) in [5, 5.41) is 13.3. The summed E-state index contributed by atoms with van der Waals surface area (Å²) in [4.78, 5) is 19.3. The fourth-order valence-corrected chi connectivity index (χ4v) is 3.61. The molecule has 0 aliphatic carbocycles. The van der Waals surface area contributed by atoms with Crippen molar-refractivity contribution in [1.29, 1.82) is 0 Å². The van der Waals surface area contributed by atoms with Crippen LogP contribution in [0.2, 0.25) is 0 Å². The molecule has 2 N–H and O–H groups in total. The number of aromatic nitrogens is 1. The Bertz CT molecular complexity index is 701. The highest BCUT2D eigenvalue weighted by molar-refractivity contribution is 7.19. The number of aliphatic hydroxyl groups is 1. The van der Waals surface area contributed by atoms with Crippen molar-refractivity contribution in [3.63, 3.8) is 0 Å². The molecule has 1 aliphatic rings. The van der Waals surface area contributed by atoms with Crippen LogP contribution in [0.15, 0.2) is 30.5 Å². The first-order valence-corrected chi connectivity index (χ1v) is 8.62. The van der Waals surface area contributed by atoms with Gasteiger partial charge in [-0.2, -0.15) is 0 Å². The Kier molecular flexibility index (Phi) is 4.63. The third kappa shape index (κ3) is 3.54. The lowest BCUT2D eigenvalue weighted by Gasteiger charge is -2.33. The number of piperidine rings is 1. The van der Waals surface area contributed by atoms with Crippen molar-refractivity contribution in [3.8, 4) is 10.4 Å². The van der Waals surface area contributed by atoms with Crippen LogP contribution in [-0.2, 0) is 0 Å². The number of urea groups is 1. The number of hydrogen-bond donors (Lipinski definition) is 2. The van der Waals surface area contributed by atoms with Crippen molar-refractivity contribution in [2.24, 2.45) is 5.92 Å². The first-order valence-electron chi connectivity index (χ1n) is 7.80. The molecule has 2 heterocycles. The zero-order valence-corrected chi connectivity index (χ0v) is 14.1. The third-order valence-corrected chi connectivity index (χ3v) is 5.28. The zero-order valence-electron chi connectivity index (χ0n) is 13.3. The van der Waals surface area contributed by atoms with Gasteiger partial charge < -0.3 is 10.0 Å². The quantitative estimate of drug-likeness (QED) is 0.887. The van der Waals surface area contributed by atoms with Gasteiger partial charge in [0, 0.05) is 19.3 Å². The van der Waals surface area contributed by atoms with Crippen LogP contribution in [0.4, 0.5) is 9.93 Å². The fourth-order valence-electron chi connectivity index (χ4n) is 2.71. The van der Waals surface area contributed by atoms with Crippen molar-refractivity contribution in [2.45, 2.75) is 26.4 Å². The molecule has 122 valence electrons. The Morgan fingerprint density at radius 3 is 2.96 bits per heavy atom. The predicted molar refractivity (Wildman–Crippen MR) is 92.7 cm³/mol. The Balaban J connectivity index is 1.67. The van der Waals surface area contributed by atoms with Crippen LogP contribution in [0.5, 0.6) is 0 Å². The molecule has 2 aromatic rings. The Morgan fingerprint density at radius 2 is 2.22 bits per heavy atom. The van der Waals surface area contributed by atoms with Crippen LogP contribution in [-0.4, -0.2) is 40.2 Å². The minimum Gasteiger partial charge on any atom is -0.391 e. The minimum absolute atomic E-state index is 0.193. The summed E-state index contributed by atoms with van der Waals surface area (Å²) in [5.41, 5.74) is 2.31. The molecule has 0 radical (unpaired) electrons. The average molecular weight is 331 g/mol. The average Bonchev–Trinajstić information content (AvgIpc) is 2.98. The van der Waals surface area contributed by atoms with Crippen molar-refractivity contribution in [3.05, 3.63) is 36.0 Å². The number of aliphatic hydroxyl groups excluding tert-OH is 1. The summed E-state index contributed by atoms with van der Waals surface area (Å²) in [6, 6.07) is 7.92. The van der Waals surface area contributed by atoms with Gasteiger partial charge in [0.25, 0.3) is 0 Å². The third-order valence-electron chi connectivity index (χ3n) is 4.34. The second-order valence-corrected chi connectivity index (χ2v) is 7.08. The molecule has 1 fully saturated rings. The summed E-state index contributed by atoms with van der Waals surface area (Å²) < 4.78 is 0. The molecule has 2 amide bonds. The zero-order chi connectivity index (χ0) is 16.4. The molecule has 2 atom stereocenters. The van der Waals surface area contributed by atoms with E-state index in [9.17, 15) is 9.90 Å². The summed E-state index contributed by atoms with van der Waals surface area (Å²) in [7, 11) is 0. The number of hydrogen-bond acceptors (Lipinski definition) is 4. The minimum atomic E-state index is -0.451. The van der Waals surface area contributed by atoms with Crippen molar-refractivity contribution >= 4 is 22.5 Å². The van der Waals surface area contributed by atoms with E-state index in [1.54, 1.807) is 11.1 Å². The molecule has 1 aromatic carbocycles. The monoisotopic (exact) mass is 331 g/mol. The van der Waals surface area contributed by atoms with Crippen LogP contribution >= 0.6 is 11.3 Å². The van der Waals surface area contributed by atoms with E-state index in [4.69, 9.17) is 0 Å². The van der Waals surface area contributed by atoms with Gasteiger partial charge in [-0.25, -0.2) is 9.78 Å². The Labute approximate surface area is 140 Å². The van der Waals surface area contributed by atoms with E-state index in [0.29, 0.717) is 18.2 Å². The first-order chi connectivity index (χ1) is 11.0. The number of likely N-dealkylation sites (tertiary alicyclic amines) is 1. The molecule has 0 spiro atoms. The largest absolute Gasteiger partial charge is 0.391 e. The van der Waals surface area contributed by atoms with E-state index in [1.807, 2.05) is 19.1 Å². The molecule has 6 heteroatoms. The molecular formula is C17H21N3O2S. The van der Waals surface area contributed by atoms with Crippen molar-refractivity contribution in [1.82, 2.24) is 9.88 Å². The summed E-state index contributed by atoms with van der Waals surface area (Å²) in [6.07, 6.45) is 2.16. The van der Waals surface area contributed by atoms with Gasteiger partial charge in [-0.05, 0) is 30.4 Å². The summed E-state index contributed by atoms with van der Waals surface area (Å²) in [5.74, 6) is 0.242. The number of aryl methyl sites for hydroxylation is 1. The highest BCUT2D eigenvalue weighted by atomic mass is 32.1. The molecule has 1 aromatic heterocycles. The molecule has 0 bridgehead atoms. The van der Waals surface area contributed by atoms with Gasteiger partial charge in [0.2, 0.25) is 0 Å². The molecule has 2 unspecified atom stereocenters. The van der Waals surface area contributed by atoms with Crippen molar-refractivity contribution < 1.29 is 9.90 Å². The standard InChI is InChI=1S/C17H21N3O2S/c1-11-5-3-4-6-13(11)15-9-18-16(23-15)19-17(22)20-8-7-12(2)14(21)10-20/h3-6,9,12,14,21H,7-8,10H2,1-2H3,(H,18,19,22). The number of β-amino-alcohol motifs (C(OH)–C–C–N with tert-alkyl or cyclic N) is 1. The van der Waals surface area contributed by atoms with Gasteiger partial charge >= 0.3 is 6.03 Å². The second-order valence-electron chi connectivity index (χ2n) is 6.05. The number of amides is 2. The van der Waals surface area contributed by atoms with E-state index >= 15 is 0 Å². The number of carbonyl (C=O) groups excluding carboxylic acids is 1. The van der Waals surface area contributed by atoms with Gasteiger partial charge in [0.15, 0.2) is 5.13 Å². The lowest BCUT2D eigenvalue weighted by atomic mass is 9.96. The second kappa shape index (κ2) is 6.68. The smallest absolute Gasteiger partial charge is 0.323 e. The SMILES string of the molecule is Cc1ccccc1-c1cnc(NC(=O)N2CCC(C)C(O)C2)s1. The predicted octanol–water partition coefficient (Wildman–Crippen LogP) is 3.35. The van der Waals surface area contributed by atoms with Gasteiger partial charge in [-0.3, -0.25) is 5.32 Å². The molecule has 1 saturated heterocycles. The van der Waals surface area contributed by atoms with Gasteiger partial charge in [0.05, 0.1) is 11.0 Å². The first kappa shape index (κ1) is 16.0. The topological polar surface area (TPSA) is 65.5 Å². The lowest BCUT2D eigenvalue weighted by Crippen LogP contribution is -2.47. The Morgan fingerprint density at radius 1 is 1.43 bits per heavy atom. The normalized spacial score (nSPS) is 21.3. The van der Waals surface area contributed by atoms with Crippen LogP contribution < -0.4 is 5.32 Å². The molecular weight excluding hydrogens is 310 g/mol. The molecule has 5 nitrogen and oxygen atoms in total. The van der Waals surface area contributed by atoms with Gasteiger partial charge in [0.1, 0.15) is 0 Å². The van der Waals surface area contributed by atoms with Gasteiger partial charge in [-0.15, -0.1) is 0 Å². The number of thiazole rings is 1. The molecule has 3 rings (SSSR count). The summed E-state index contributed by atoms with van der Waals surface area (Å²) >= 11 is 1.46. The van der Waals surface area contributed by atoms with E-state index in [0.717, 1.165) is 16.9 Å². The highest BCUT2D eigenvalue weighted by Gasteiger charge is 2.27. The number of carbonyl (C=O) groups is 1. The van der Waals surface area contributed by atoms with Crippen LogP contribution in [0, 0.1) is 12.8 Å². The van der Waals surface area contributed by atoms with Crippen LogP contribution in [0.1, 0.15) is 18.9 Å². The highest BCUT2D eigenvalue weighted by Crippen LogP contribution is 2.31. The maximum atomic E-state index is 12.3. The van der Waals surface area contributed by atoms with E-state index in [2.05, 4.69) is 29.4 Å². The molecule has 0 saturated carbocycles. The maximum Gasteiger partial charge on any atom is 0.323 e. The number of nitrogens with one attached hydrogen (secondary N) is 1.